The van der Waals surface area contributed by atoms with Gasteiger partial charge in [0, 0.05) is 6.42 Å². The number of rotatable bonds is 5. The highest BCUT2D eigenvalue weighted by atomic mass is 35.5. The molecule has 1 aromatic rings. The van der Waals surface area contributed by atoms with Crippen LogP contribution < -0.4 is 4.74 Å². The van der Waals surface area contributed by atoms with Gasteiger partial charge in [0.2, 0.25) is 0 Å². The van der Waals surface area contributed by atoms with Crippen molar-refractivity contribution in [1.82, 2.24) is 0 Å². The van der Waals surface area contributed by atoms with Gasteiger partial charge in [-0.15, -0.1) is 11.6 Å². The average molecular weight is 241 g/mol. The van der Waals surface area contributed by atoms with Crippen molar-refractivity contribution in [2.75, 3.05) is 12.5 Å². The summed E-state index contributed by atoms with van der Waals surface area (Å²) in [6, 6.07) is 4.10. The molecule has 0 N–H and O–H groups in total. The van der Waals surface area contributed by atoms with Gasteiger partial charge in [0.15, 0.2) is 5.78 Å². The van der Waals surface area contributed by atoms with E-state index in [1.807, 2.05) is 19.9 Å². The minimum atomic E-state index is 0.0168. The van der Waals surface area contributed by atoms with E-state index in [1.165, 1.54) is 11.1 Å². The van der Waals surface area contributed by atoms with Crippen molar-refractivity contribution in [1.29, 1.82) is 0 Å². The van der Waals surface area contributed by atoms with Gasteiger partial charge >= 0.3 is 0 Å². The molecule has 0 saturated heterocycles. The molecule has 0 atom stereocenters. The maximum atomic E-state index is 11.0. The van der Waals surface area contributed by atoms with Crippen LogP contribution in [0.4, 0.5) is 0 Å². The third kappa shape index (κ3) is 3.53. The molecule has 0 amide bonds. The topological polar surface area (TPSA) is 26.3 Å². The van der Waals surface area contributed by atoms with Crippen molar-refractivity contribution in [3.63, 3.8) is 0 Å². The molecule has 0 aliphatic rings. The Morgan fingerprint density at radius 1 is 1.19 bits per heavy atom. The van der Waals surface area contributed by atoms with Gasteiger partial charge in [-0.1, -0.05) is 6.07 Å². The Labute approximate surface area is 102 Å². The predicted octanol–water partition coefficient (Wildman–Crippen LogP) is 3.19. The van der Waals surface area contributed by atoms with Crippen molar-refractivity contribution in [3.05, 3.63) is 28.8 Å². The van der Waals surface area contributed by atoms with Crippen LogP contribution in [0.3, 0.4) is 0 Å². The molecule has 0 unspecified atom stereocenters. The van der Waals surface area contributed by atoms with E-state index in [4.69, 9.17) is 16.3 Å². The molecule has 0 aliphatic heterocycles. The van der Waals surface area contributed by atoms with Gasteiger partial charge in [0.05, 0.1) is 12.5 Å². The monoisotopic (exact) mass is 240 g/mol. The van der Waals surface area contributed by atoms with Gasteiger partial charge in [0.1, 0.15) is 5.75 Å². The fourth-order valence-electron chi connectivity index (χ4n) is 1.43. The lowest BCUT2D eigenvalue weighted by molar-refractivity contribution is -0.117. The van der Waals surface area contributed by atoms with Crippen molar-refractivity contribution < 1.29 is 9.53 Å². The maximum Gasteiger partial charge on any atom is 0.150 e. The van der Waals surface area contributed by atoms with Crippen LogP contribution in [0.15, 0.2) is 12.1 Å². The number of benzene rings is 1. The maximum absolute atomic E-state index is 11.0. The first-order chi connectivity index (χ1) is 7.54. The summed E-state index contributed by atoms with van der Waals surface area (Å²) in [5.41, 5.74) is 3.55. The highest BCUT2D eigenvalue weighted by Crippen LogP contribution is 2.22. The van der Waals surface area contributed by atoms with E-state index in [-0.39, 0.29) is 11.7 Å². The van der Waals surface area contributed by atoms with Crippen molar-refractivity contribution in [2.24, 2.45) is 0 Å². The van der Waals surface area contributed by atoms with E-state index in [2.05, 4.69) is 13.0 Å². The zero-order chi connectivity index (χ0) is 12.1. The lowest BCUT2D eigenvalue weighted by Gasteiger charge is -2.11. The van der Waals surface area contributed by atoms with Crippen LogP contribution in [0, 0.1) is 20.8 Å². The number of ketones is 1. The quantitative estimate of drug-likeness (QED) is 0.739. The lowest BCUT2D eigenvalue weighted by Crippen LogP contribution is -2.07. The Balaban J connectivity index is 2.60. The van der Waals surface area contributed by atoms with Gasteiger partial charge in [-0.3, -0.25) is 4.79 Å². The fraction of sp³-hybridized carbons (Fsp3) is 0.462. The first-order valence-corrected chi connectivity index (χ1v) is 5.86. The van der Waals surface area contributed by atoms with Crippen LogP contribution in [0.1, 0.15) is 23.1 Å². The molecule has 16 heavy (non-hydrogen) atoms. The summed E-state index contributed by atoms with van der Waals surface area (Å²) in [4.78, 5) is 11.0. The van der Waals surface area contributed by atoms with Crippen LogP contribution >= 0.6 is 11.6 Å². The minimum absolute atomic E-state index is 0.0168. The molecule has 0 bridgehead atoms. The molecule has 2 nitrogen and oxygen atoms in total. The highest BCUT2D eigenvalue weighted by Gasteiger charge is 2.04. The summed E-state index contributed by atoms with van der Waals surface area (Å²) in [5, 5.41) is 0. The number of aryl methyl sites for hydroxylation is 3. The summed E-state index contributed by atoms with van der Waals surface area (Å²) < 4.78 is 5.57. The predicted molar refractivity (Wildman–Crippen MR) is 66.5 cm³/mol. The highest BCUT2D eigenvalue weighted by molar-refractivity contribution is 6.27. The number of halogens is 1. The van der Waals surface area contributed by atoms with Crippen LogP contribution in [-0.2, 0) is 4.79 Å². The molecule has 1 aromatic carbocycles. The zero-order valence-electron chi connectivity index (χ0n) is 9.97. The van der Waals surface area contributed by atoms with Crippen LogP contribution in [0.5, 0.6) is 5.75 Å². The average Bonchev–Trinajstić information content (AvgIpc) is 2.25. The Morgan fingerprint density at radius 2 is 1.81 bits per heavy atom. The number of hydrogen-bond acceptors (Lipinski definition) is 2. The molecule has 0 radical (unpaired) electrons. The Kier molecular flexibility index (Phi) is 4.81. The van der Waals surface area contributed by atoms with Gasteiger partial charge < -0.3 is 4.74 Å². The third-order valence-corrected chi connectivity index (χ3v) is 2.88. The summed E-state index contributed by atoms with van der Waals surface area (Å²) in [7, 11) is 0. The van der Waals surface area contributed by atoms with Gasteiger partial charge in [-0.2, -0.15) is 0 Å². The Hall–Kier alpha value is -1.02. The molecular weight excluding hydrogens is 224 g/mol. The Bertz CT molecular complexity index is 386. The number of hydrogen-bond donors (Lipinski definition) is 0. The zero-order valence-corrected chi connectivity index (χ0v) is 10.7. The van der Waals surface area contributed by atoms with E-state index in [0.717, 1.165) is 11.3 Å². The summed E-state index contributed by atoms with van der Waals surface area (Å²) in [6.45, 7) is 6.52. The summed E-state index contributed by atoms with van der Waals surface area (Å²) in [6.07, 6.45) is 0.371. The molecular formula is C13H17ClO2. The SMILES string of the molecule is Cc1cc(C)c(OCCC(=O)CCl)cc1C. The smallest absolute Gasteiger partial charge is 0.150 e. The molecule has 0 spiro atoms. The fourth-order valence-corrected chi connectivity index (χ4v) is 1.56. The first kappa shape index (κ1) is 13.0. The van der Waals surface area contributed by atoms with E-state index in [1.54, 1.807) is 0 Å². The number of carbonyl (C=O) groups excluding carboxylic acids is 1. The number of ether oxygens (including phenoxy) is 1. The van der Waals surface area contributed by atoms with E-state index < -0.39 is 0 Å². The Morgan fingerprint density at radius 3 is 2.44 bits per heavy atom. The first-order valence-electron chi connectivity index (χ1n) is 5.33. The number of carbonyl (C=O) groups is 1. The molecule has 1 rings (SSSR count). The van der Waals surface area contributed by atoms with Crippen molar-refractivity contribution in [3.8, 4) is 5.75 Å². The normalized spacial score (nSPS) is 10.2. The number of Topliss-reactive ketones (excluding diaryl/α,β-unsaturated/α-hetero) is 1. The van der Waals surface area contributed by atoms with Gasteiger partial charge in [-0.25, -0.2) is 0 Å². The number of alkyl halides is 1. The van der Waals surface area contributed by atoms with Gasteiger partial charge in [-0.05, 0) is 43.5 Å². The van der Waals surface area contributed by atoms with Crippen molar-refractivity contribution in [2.45, 2.75) is 27.2 Å². The molecule has 88 valence electrons. The van der Waals surface area contributed by atoms with Crippen molar-refractivity contribution >= 4 is 17.4 Å². The summed E-state index contributed by atoms with van der Waals surface area (Å²) >= 11 is 5.41. The third-order valence-electron chi connectivity index (χ3n) is 2.58. The van der Waals surface area contributed by atoms with E-state index in [0.29, 0.717) is 13.0 Å². The molecule has 0 aliphatic carbocycles. The van der Waals surface area contributed by atoms with Crippen LogP contribution in [0.2, 0.25) is 0 Å². The molecule has 0 aromatic heterocycles. The second kappa shape index (κ2) is 5.90. The van der Waals surface area contributed by atoms with E-state index in [9.17, 15) is 4.79 Å². The summed E-state index contributed by atoms with van der Waals surface area (Å²) in [5.74, 6) is 0.934. The minimum Gasteiger partial charge on any atom is -0.493 e. The molecule has 0 heterocycles. The molecule has 3 heteroatoms. The second-order valence-electron chi connectivity index (χ2n) is 3.97. The molecule has 0 fully saturated rings. The second-order valence-corrected chi connectivity index (χ2v) is 4.24. The standard InChI is InChI=1S/C13H17ClO2/c1-9-6-11(3)13(7-10(9)2)16-5-4-12(15)8-14/h6-7H,4-5,8H2,1-3H3. The van der Waals surface area contributed by atoms with Crippen LogP contribution in [-0.4, -0.2) is 18.3 Å². The lowest BCUT2D eigenvalue weighted by atomic mass is 10.1. The van der Waals surface area contributed by atoms with E-state index >= 15 is 0 Å². The van der Waals surface area contributed by atoms with Gasteiger partial charge in [0.25, 0.3) is 0 Å². The van der Waals surface area contributed by atoms with Crippen LogP contribution in [0.25, 0.3) is 0 Å². The molecule has 0 saturated carbocycles. The largest absolute Gasteiger partial charge is 0.493 e.